The number of aliphatic carboxylic acids is 1. The van der Waals surface area contributed by atoms with E-state index in [-0.39, 0.29) is 18.0 Å². The molecule has 2 unspecified atom stereocenters. The van der Waals surface area contributed by atoms with Crippen LogP contribution in [0.5, 0.6) is 0 Å². The van der Waals surface area contributed by atoms with E-state index in [1.165, 1.54) is 141 Å². The molecular weight excluding hydrogens is 661 g/mol. The molecule has 0 saturated heterocycles. The van der Waals surface area contributed by atoms with E-state index >= 15 is 0 Å². The summed E-state index contributed by atoms with van der Waals surface area (Å²) < 4.78 is 6.06. The number of esters is 1. The van der Waals surface area contributed by atoms with Gasteiger partial charge in [0.2, 0.25) is 5.91 Å². The van der Waals surface area contributed by atoms with Crippen molar-refractivity contribution in [3.05, 3.63) is 12.2 Å². The Morgan fingerprint density at radius 1 is 0.528 bits per heavy atom. The number of carboxylic acid groups (broad SMARTS) is 1. The number of hydrogen-bond donors (Lipinski definition) is 3. The second-order valence-corrected chi connectivity index (χ2v) is 15.8. The lowest BCUT2D eigenvalue weighted by molar-refractivity contribution is -0.150. The fraction of sp³-hybridized carbons (Fsp3) is 0.891. The first-order valence-corrected chi connectivity index (χ1v) is 23.0. The highest BCUT2D eigenvalue weighted by Crippen LogP contribution is 2.19. The molecule has 0 aromatic carbocycles. The van der Waals surface area contributed by atoms with Crippen molar-refractivity contribution in [2.75, 3.05) is 6.54 Å². The number of nitrogens with two attached hydrogens (primary N) is 1. The van der Waals surface area contributed by atoms with Crippen molar-refractivity contribution in [3.8, 4) is 0 Å². The molecule has 0 fully saturated rings. The molecule has 53 heavy (non-hydrogen) atoms. The predicted molar refractivity (Wildman–Crippen MR) is 225 cm³/mol. The molecule has 2 atom stereocenters. The zero-order chi connectivity index (χ0) is 38.9. The van der Waals surface area contributed by atoms with E-state index < -0.39 is 12.0 Å². The third-order valence-corrected chi connectivity index (χ3v) is 10.6. The number of ether oxygens (including phenoxy) is 1. The molecule has 0 aliphatic heterocycles. The van der Waals surface area contributed by atoms with Gasteiger partial charge in [0.05, 0.1) is 0 Å². The van der Waals surface area contributed by atoms with Crippen LogP contribution in [0.4, 0.5) is 0 Å². The smallest absolute Gasteiger partial charge is 0.326 e. The second kappa shape index (κ2) is 41.3. The van der Waals surface area contributed by atoms with Gasteiger partial charge in [0, 0.05) is 12.8 Å². The fourth-order valence-electron chi connectivity index (χ4n) is 7.09. The first-order chi connectivity index (χ1) is 25.9. The first kappa shape index (κ1) is 51.1. The van der Waals surface area contributed by atoms with E-state index in [1.807, 2.05) is 0 Å². The van der Waals surface area contributed by atoms with Crippen LogP contribution in [-0.2, 0) is 19.1 Å². The number of allylic oxidation sites excluding steroid dienone is 2. The number of rotatable bonds is 42. The number of hydrogen-bond acceptors (Lipinski definition) is 5. The van der Waals surface area contributed by atoms with Gasteiger partial charge in [-0.2, -0.15) is 0 Å². The first-order valence-electron chi connectivity index (χ1n) is 23.0. The van der Waals surface area contributed by atoms with Crippen LogP contribution in [0.1, 0.15) is 245 Å². The topological polar surface area (TPSA) is 119 Å². The molecular formula is C46H88N2O5. The van der Waals surface area contributed by atoms with Gasteiger partial charge >= 0.3 is 11.9 Å². The Balaban J connectivity index is 4.31. The number of carbonyl (C=O) groups is 3. The molecule has 312 valence electrons. The molecule has 0 bridgehead atoms. The molecule has 7 nitrogen and oxygen atoms in total. The molecule has 0 aromatic rings. The van der Waals surface area contributed by atoms with Crippen LogP contribution in [0.3, 0.4) is 0 Å². The van der Waals surface area contributed by atoms with E-state index in [4.69, 9.17) is 10.5 Å². The quantitative estimate of drug-likeness (QED) is 0.0325. The Bertz CT molecular complexity index is 848. The molecule has 0 aliphatic carbocycles. The van der Waals surface area contributed by atoms with E-state index in [9.17, 15) is 19.5 Å². The number of amides is 1. The van der Waals surface area contributed by atoms with Crippen LogP contribution in [-0.4, -0.2) is 41.6 Å². The highest BCUT2D eigenvalue weighted by atomic mass is 16.5. The van der Waals surface area contributed by atoms with Gasteiger partial charge in [-0.3, -0.25) is 9.59 Å². The number of carboxylic acids is 1. The minimum Gasteiger partial charge on any atom is -0.480 e. The van der Waals surface area contributed by atoms with E-state index in [2.05, 4.69) is 31.3 Å². The van der Waals surface area contributed by atoms with Crippen LogP contribution >= 0.6 is 0 Å². The summed E-state index contributed by atoms with van der Waals surface area (Å²) in [5, 5.41) is 11.9. The average molecular weight is 749 g/mol. The van der Waals surface area contributed by atoms with Crippen molar-refractivity contribution in [2.24, 2.45) is 5.73 Å². The minimum atomic E-state index is -1.00. The van der Waals surface area contributed by atoms with Crippen LogP contribution < -0.4 is 11.1 Å². The van der Waals surface area contributed by atoms with Crippen molar-refractivity contribution < 1.29 is 24.2 Å². The monoisotopic (exact) mass is 749 g/mol. The van der Waals surface area contributed by atoms with Gasteiger partial charge in [0.15, 0.2) is 0 Å². The molecule has 0 aliphatic rings. The maximum Gasteiger partial charge on any atom is 0.326 e. The molecule has 0 radical (unpaired) electrons. The Morgan fingerprint density at radius 3 is 1.36 bits per heavy atom. The van der Waals surface area contributed by atoms with Crippen molar-refractivity contribution in [2.45, 2.75) is 257 Å². The van der Waals surface area contributed by atoms with Crippen LogP contribution in [0.2, 0.25) is 0 Å². The summed E-state index contributed by atoms with van der Waals surface area (Å²) in [5.74, 6) is -1.22. The van der Waals surface area contributed by atoms with Gasteiger partial charge in [0.25, 0.3) is 0 Å². The average Bonchev–Trinajstić information content (AvgIpc) is 3.14. The van der Waals surface area contributed by atoms with Crippen LogP contribution in [0.15, 0.2) is 12.2 Å². The summed E-state index contributed by atoms with van der Waals surface area (Å²) in [4.78, 5) is 36.4. The lowest BCUT2D eigenvalue weighted by Crippen LogP contribution is -2.40. The summed E-state index contributed by atoms with van der Waals surface area (Å²) in [5.41, 5.74) is 5.49. The molecule has 7 heteroatoms. The zero-order valence-corrected chi connectivity index (χ0v) is 35.1. The summed E-state index contributed by atoms with van der Waals surface area (Å²) in [7, 11) is 0. The summed E-state index contributed by atoms with van der Waals surface area (Å²) in [6.45, 7) is 4.95. The fourth-order valence-corrected chi connectivity index (χ4v) is 7.09. The zero-order valence-electron chi connectivity index (χ0n) is 35.1. The summed E-state index contributed by atoms with van der Waals surface area (Å²) >= 11 is 0. The lowest BCUT2D eigenvalue weighted by atomic mass is 10.0. The number of unbranched alkanes of at least 4 members (excludes halogenated alkanes) is 26. The van der Waals surface area contributed by atoms with Crippen molar-refractivity contribution in [1.82, 2.24) is 5.32 Å². The Labute approximate surface area is 328 Å². The molecule has 0 rings (SSSR count). The van der Waals surface area contributed by atoms with E-state index in [0.29, 0.717) is 32.2 Å². The lowest BCUT2D eigenvalue weighted by Gasteiger charge is -2.18. The Kier molecular flexibility index (Phi) is 39.8. The Morgan fingerprint density at radius 2 is 0.925 bits per heavy atom. The number of nitrogens with one attached hydrogen (secondary N) is 1. The maximum absolute atomic E-state index is 12.8. The minimum absolute atomic E-state index is 0.0147. The highest BCUT2D eigenvalue weighted by molar-refractivity contribution is 5.83. The SMILES string of the molecule is CCCCCCC/C=C\CCCCCCCC(=O)OC(CCCCCCCCCCCCCCC)CCCCCCCC(=O)NC(CCCN)C(=O)O. The Hall–Kier alpha value is -1.89. The van der Waals surface area contributed by atoms with Crippen LogP contribution in [0.25, 0.3) is 0 Å². The van der Waals surface area contributed by atoms with Crippen LogP contribution in [0, 0.1) is 0 Å². The van der Waals surface area contributed by atoms with Gasteiger partial charge in [-0.25, -0.2) is 4.79 Å². The van der Waals surface area contributed by atoms with Gasteiger partial charge < -0.3 is 20.9 Å². The molecule has 1 amide bonds. The number of carbonyl (C=O) groups excluding carboxylic acids is 2. The van der Waals surface area contributed by atoms with E-state index in [0.717, 1.165) is 64.2 Å². The maximum atomic E-state index is 12.8. The largest absolute Gasteiger partial charge is 0.480 e. The van der Waals surface area contributed by atoms with Gasteiger partial charge in [-0.05, 0) is 83.6 Å². The standard InChI is InChI=1S/C46H88N2O5/c1-3-5-7-9-11-13-15-17-19-21-23-25-30-34-40-45(50)53-42(36-31-27-24-22-20-18-16-14-12-10-8-6-4-2)37-32-28-26-29-33-39-44(49)48-43(46(51)52)38-35-41-47/h15,17,42-43H,3-14,16,18-41,47H2,1-2H3,(H,48,49)(H,51,52)/b17-15-. The third kappa shape index (κ3) is 38.2. The van der Waals surface area contributed by atoms with Gasteiger partial charge in [-0.15, -0.1) is 0 Å². The van der Waals surface area contributed by atoms with Crippen molar-refractivity contribution in [1.29, 1.82) is 0 Å². The van der Waals surface area contributed by atoms with E-state index in [1.54, 1.807) is 0 Å². The highest BCUT2D eigenvalue weighted by Gasteiger charge is 2.19. The molecule has 0 saturated carbocycles. The summed E-state index contributed by atoms with van der Waals surface area (Å²) in [6.07, 6.45) is 45.4. The molecule has 0 spiro atoms. The van der Waals surface area contributed by atoms with Gasteiger partial charge in [0.1, 0.15) is 12.1 Å². The summed E-state index contributed by atoms with van der Waals surface area (Å²) in [6, 6.07) is -0.854. The third-order valence-electron chi connectivity index (χ3n) is 10.6. The predicted octanol–water partition coefficient (Wildman–Crippen LogP) is 13.1. The molecule has 0 aromatic heterocycles. The molecule has 4 N–H and O–H groups in total. The van der Waals surface area contributed by atoms with Gasteiger partial charge in [-0.1, -0.05) is 167 Å². The van der Waals surface area contributed by atoms with Crippen molar-refractivity contribution in [3.63, 3.8) is 0 Å². The van der Waals surface area contributed by atoms with Crippen molar-refractivity contribution >= 4 is 17.8 Å². The molecule has 0 heterocycles. The normalized spacial score (nSPS) is 12.7. The second-order valence-electron chi connectivity index (χ2n) is 15.8.